The summed E-state index contributed by atoms with van der Waals surface area (Å²) in [4.78, 5) is 16.2. The van der Waals surface area contributed by atoms with Crippen molar-refractivity contribution in [2.45, 2.75) is 32.5 Å². The Morgan fingerprint density at radius 1 is 1.29 bits per heavy atom. The van der Waals surface area contributed by atoms with Gasteiger partial charge in [-0.2, -0.15) is 30.9 Å². The molecule has 1 fully saturated rings. The molecule has 0 aliphatic carbocycles. The van der Waals surface area contributed by atoms with Crippen molar-refractivity contribution in [3.63, 3.8) is 0 Å². The Kier molecular flexibility index (Phi) is 6.57. The van der Waals surface area contributed by atoms with Crippen molar-refractivity contribution in [3.05, 3.63) is 41.3 Å². The summed E-state index contributed by atoms with van der Waals surface area (Å²) in [6.45, 7) is 3.98. The van der Waals surface area contributed by atoms with E-state index in [1.165, 1.54) is 6.07 Å². The number of halogens is 3. The zero-order chi connectivity index (χ0) is 22.8. The molecule has 0 spiro atoms. The van der Waals surface area contributed by atoms with Crippen molar-refractivity contribution < 1.29 is 35.5 Å². The van der Waals surface area contributed by atoms with Crippen molar-refractivity contribution in [2.75, 3.05) is 25.1 Å². The van der Waals surface area contributed by atoms with Crippen LogP contribution < -0.4 is 10.0 Å². The zero-order valence-corrected chi connectivity index (χ0v) is 17.5. The van der Waals surface area contributed by atoms with Crippen molar-refractivity contribution in [1.29, 1.82) is 0 Å². The predicted molar refractivity (Wildman–Crippen MR) is 104 cm³/mol. The van der Waals surface area contributed by atoms with Gasteiger partial charge in [-0.25, -0.2) is 4.72 Å². The molecule has 1 aliphatic heterocycles. The molecule has 13 heteroatoms. The number of ether oxygens (including phenoxy) is 1. The van der Waals surface area contributed by atoms with Crippen LogP contribution in [0.4, 0.5) is 24.9 Å². The summed E-state index contributed by atoms with van der Waals surface area (Å²) >= 11 is 0. The fourth-order valence-electron chi connectivity index (χ4n) is 2.94. The Morgan fingerprint density at radius 3 is 2.74 bits per heavy atom. The van der Waals surface area contributed by atoms with Crippen LogP contribution in [0, 0.1) is 6.92 Å². The Hall–Kier alpha value is -2.64. The number of rotatable bonds is 5. The van der Waals surface area contributed by atoms with E-state index in [0.29, 0.717) is 18.6 Å². The summed E-state index contributed by atoms with van der Waals surface area (Å²) < 4.78 is 77.3. The predicted octanol–water partition coefficient (Wildman–Crippen LogP) is 2.83. The number of alkyl halides is 3. The van der Waals surface area contributed by atoms with Gasteiger partial charge in [-0.05, 0) is 38.0 Å². The summed E-state index contributed by atoms with van der Waals surface area (Å²) in [5.41, 5.74) is -0.659. The molecule has 3 rings (SSSR count). The molecule has 9 nitrogen and oxygen atoms in total. The third-order valence-electron chi connectivity index (χ3n) is 4.70. The van der Waals surface area contributed by atoms with Gasteiger partial charge in [0.2, 0.25) is 0 Å². The standard InChI is InChI=1S/C18H21F3N4O5S/c1-11-3-4-13(18(19,20)21)9-14(11)22-17-23-15(10-30-17)16(26)24-31(27,28)25-6-8-29-7-5-12(25)2/h3-4,9-10,12H,5-8H2,1-2H3,(H,22,23)(H,24,26). The number of carbonyl (C=O) groups is 1. The second-order valence-electron chi connectivity index (χ2n) is 6.99. The average molecular weight is 462 g/mol. The third kappa shape index (κ3) is 5.54. The highest BCUT2D eigenvalue weighted by Crippen LogP contribution is 2.33. The molecule has 1 unspecified atom stereocenters. The Balaban J connectivity index is 1.73. The number of carbonyl (C=O) groups excluding carboxylic acids is 1. The van der Waals surface area contributed by atoms with Gasteiger partial charge in [0.15, 0.2) is 5.69 Å². The van der Waals surface area contributed by atoms with Crippen LogP contribution in [0.3, 0.4) is 0 Å². The van der Waals surface area contributed by atoms with Crippen molar-refractivity contribution in [3.8, 4) is 0 Å². The van der Waals surface area contributed by atoms with Crippen LogP contribution in [-0.2, 0) is 21.1 Å². The second-order valence-corrected chi connectivity index (χ2v) is 8.61. The van der Waals surface area contributed by atoms with Gasteiger partial charge in [-0.3, -0.25) is 4.79 Å². The summed E-state index contributed by atoms with van der Waals surface area (Å²) in [6.07, 6.45) is -3.15. The van der Waals surface area contributed by atoms with Crippen LogP contribution in [0.25, 0.3) is 0 Å². The van der Waals surface area contributed by atoms with E-state index in [2.05, 4.69) is 10.3 Å². The van der Waals surface area contributed by atoms with Crippen molar-refractivity contribution in [1.82, 2.24) is 14.0 Å². The van der Waals surface area contributed by atoms with Gasteiger partial charge in [-0.15, -0.1) is 0 Å². The van der Waals surface area contributed by atoms with Gasteiger partial charge in [0.1, 0.15) is 6.26 Å². The number of oxazole rings is 1. The highest BCUT2D eigenvalue weighted by atomic mass is 32.2. The smallest absolute Gasteiger partial charge is 0.416 e. The minimum Gasteiger partial charge on any atom is -0.431 e. The Bertz CT molecular complexity index is 1050. The topological polar surface area (TPSA) is 114 Å². The molecule has 2 heterocycles. The zero-order valence-electron chi connectivity index (χ0n) is 16.7. The lowest BCUT2D eigenvalue weighted by atomic mass is 10.1. The van der Waals surface area contributed by atoms with E-state index in [4.69, 9.17) is 9.15 Å². The number of nitrogens with zero attached hydrogens (tertiary/aromatic N) is 2. The van der Waals surface area contributed by atoms with Crippen LogP contribution in [-0.4, -0.2) is 49.4 Å². The largest absolute Gasteiger partial charge is 0.431 e. The Labute approximate surface area is 176 Å². The molecule has 0 saturated carbocycles. The first-order valence-corrected chi connectivity index (χ1v) is 10.7. The second kappa shape index (κ2) is 8.85. The first-order valence-electron chi connectivity index (χ1n) is 9.29. The summed E-state index contributed by atoms with van der Waals surface area (Å²) in [5, 5.41) is 2.57. The lowest BCUT2D eigenvalue weighted by Gasteiger charge is -2.25. The molecule has 1 amide bonds. The maximum Gasteiger partial charge on any atom is 0.416 e. The van der Waals surface area contributed by atoms with Gasteiger partial charge in [0, 0.05) is 24.9 Å². The fraction of sp³-hybridized carbons (Fsp3) is 0.444. The number of anilines is 2. The monoisotopic (exact) mass is 462 g/mol. The minimum atomic E-state index is -4.53. The molecule has 1 aromatic carbocycles. The molecule has 31 heavy (non-hydrogen) atoms. The number of aryl methyl sites for hydroxylation is 1. The lowest BCUT2D eigenvalue weighted by Crippen LogP contribution is -2.48. The molecule has 0 bridgehead atoms. The van der Waals surface area contributed by atoms with Gasteiger partial charge >= 0.3 is 16.4 Å². The molecule has 170 valence electrons. The first kappa shape index (κ1) is 23.0. The van der Waals surface area contributed by atoms with E-state index >= 15 is 0 Å². The lowest BCUT2D eigenvalue weighted by molar-refractivity contribution is -0.137. The van der Waals surface area contributed by atoms with Crippen LogP contribution >= 0.6 is 0 Å². The summed E-state index contributed by atoms with van der Waals surface area (Å²) in [6, 6.07) is 2.47. The molecule has 2 N–H and O–H groups in total. The van der Waals surface area contributed by atoms with Gasteiger partial charge in [0.25, 0.3) is 11.9 Å². The molecule has 1 atom stereocenters. The fourth-order valence-corrected chi connectivity index (χ4v) is 4.29. The highest BCUT2D eigenvalue weighted by molar-refractivity contribution is 7.87. The number of amides is 1. The SMILES string of the molecule is Cc1ccc(C(F)(F)F)cc1Nc1nc(C(=O)NS(=O)(=O)N2CCOCCC2C)co1. The van der Waals surface area contributed by atoms with E-state index in [9.17, 15) is 26.4 Å². The molecular weight excluding hydrogens is 441 g/mol. The third-order valence-corrected chi connectivity index (χ3v) is 6.30. The van der Waals surface area contributed by atoms with Gasteiger partial charge in [-0.1, -0.05) is 6.07 Å². The minimum absolute atomic E-state index is 0.0784. The van der Waals surface area contributed by atoms with E-state index in [0.717, 1.165) is 22.7 Å². The van der Waals surface area contributed by atoms with E-state index < -0.39 is 27.9 Å². The van der Waals surface area contributed by atoms with Crippen molar-refractivity contribution >= 4 is 27.8 Å². The Morgan fingerprint density at radius 2 is 2.03 bits per heavy atom. The molecule has 1 saturated heterocycles. The number of benzene rings is 1. The number of hydrogen-bond acceptors (Lipinski definition) is 7. The average Bonchev–Trinajstić information content (AvgIpc) is 3.02. The molecule has 1 aliphatic rings. The van der Waals surface area contributed by atoms with Crippen LogP contribution in [0.2, 0.25) is 0 Å². The van der Waals surface area contributed by atoms with E-state index in [1.54, 1.807) is 13.8 Å². The molecule has 2 aromatic rings. The van der Waals surface area contributed by atoms with E-state index in [1.807, 2.05) is 4.72 Å². The number of nitrogens with one attached hydrogen (secondary N) is 2. The molecule has 0 radical (unpaired) electrons. The van der Waals surface area contributed by atoms with Crippen LogP contribution in [0.15, 0.2) is 28.9 Å². The van der Waals surface area contributed by atoms with Crippen LogP contribution in [0.1, 0.15) is 35.0 Å². The maximum absolute atomic E-state index is 12.9. The highest BCUT2D eigenvalue weighted by Gasteiger charge is 2.32. The maximum atomic E-state index is 12.9. The quantitative estimate of drug-likeness (QED) is 0.702. The summed E-state index contributed by atoms with van der Waals surface area (Å²) in [7, 11) is -4.15. The number of hydrogen-bond donors (Lipinski definition) is 2. The van der Waals surface area contributed by atoms with E-state index in [-0.39, 0.29) is 36.6 Å². The summed E-state index contributed by atoms with van der Waals surface area (Å²) in [5.74, 6) is -1.03. The number of aromatic nitrogens is 1. The molecular formula is C18H21F3N4O5S. The van der Waals surface area contributed by atoms with Crippen molar-refractivity contribution in [2.24, 2.45) is 0 Å². The normalized spacial score (nSPS) is 18.4. The molecule has 1 aromatic heterocycles. The first-order chi connectivity index (χ1) is 14.5. The van der Waals surface area contributed by atoms with Gasteiger partial charge in [0.05, 0.1) is 12.2 Å². The van der Waals surface area contributed by atoms with Crippen LogP contribution in [0.5, 0.6) is 0 Å². The van der Waals surface area contributed by atoms with Gasteiger partial charge < -0.3 is 14.5 Å².